The summed E-state index contributed by atoms with van der Waals surface area (Å²) in [5.41, 5.74) is 1.68. The van der Waals surface area contributed by atoms with Crippen molar-refractivity contribution in [2.24, 2.45) is 5.41 Å². The first-order valence-corrected chi connectivity index (χ1v) is 10.5. The molecule has 0 saturated carbocycles. The monoisotopic (exact) mass is 421 g/mol. The van der Waals surface area contributed by atoms with E-state index < -0.39 is 5.60 Å². The Bertz CT molecular complexity index is 734. The molecule has 0 bridgehead atoms. The number of nitrogens with zero attached hydrogens (tertiary/aromatic N) is 2. The van der Waals surface area contributed by atoms with Crippen LogP contribution < -0.4 is 5.32 Å². The van der Waals surface area contributed by atoms with Crippen molar-refractivity contribution in [3.8, 4) is 5.75 Å². The molecule has 0 spiro atoms. The first kappa shape index (κ1) is 25.7. The SMILES string of the molecule is CC(=O)Nc1cc(C2CCN(C(=O)OC(C)(C)C)CC2)nc(C)c1O.CC(C)(C)C. The van der Waals surface area contributed by atoms with Crippen molar-refractivity contribution in [1.82, 2.24) is 9.88 Å². The summed E-state index contributed by atoms with van der Waals surface area (Å²) in [5.74, 6) is -0.0813. The van der Waals surface area contributed by atoms with Crippen molar-refractivity contribution in [3.05, 3.63) is 17.5 Å². The van der Waals surface area contributed by atoms with Crippen LogP contribution >= 0.6 is 0 Å². The molecule has 2 amide bonds. The fourth-order valence-corrected chi connectivity index (χ4v) is 2.87. The Labute approximate surface area is 181 Å². The van der Waals surface area contributed by atoms with Gasteiger partial charge in [0.1, 0.15) is 5.60 Å². The maximum absolute atomic E-state index is 12.1. The van der Waals surface area contributed by atoms with Crippen LogP contribution in [0.25, 0.3) is 0 Å². The van der Waals surface area contributed by atoms with Crippen molar-refractivity contribution in [3.63, 3.8) is 0 Å². The maximum atomic E-state index is 12.1. The van der Waals surface area contributed by atoms with Gasteiger partial charge in [-0.2, -0.15) is 0 Å². The molecular weight excluding hydrogens is 382 g/mol. The molecule has 7 nitrogen and oxygen atoms in total. The number of carbonyl (C=O) groups is 2. The zero-order chi connectivity index (χ0) is 23.3. The molecule has 30 heavy (non-hydrogen) atoms. The van der Waals surface area contributed by atoms with E-state index in [4.69, 9.17) is 4.74 Å². The van der Waals surface area contributed by atoms with E-state index in [9.17, 15) is 14.7 Å². The van der Waals surface area contributed by atoms with Gasteiger partial charge in [-0.25, -0.2) is 4.79 Å². The van der Waals surface area contributed by atoms with E-state index in [0.717, 1.165) is 18.5 Å². The molecule has 1 aromatic heterocycles. The number of piperidine rings is 1. The molecule has 2 rings (SSSR count). The lowest BCUT2D eigenvalue weighted by Gasteiger charge is -2.33. The van der Waals surface area contributed by atoms with Gasteiger partial charge in [-0.3, -0.25) is 9.78 Å². The zero-order valence-corrected chi connectivity index (χ0v) is 20.0. The van der Waals surface area contributed by atoms with Crippen LogP contribution in [0.15, 0.2) is 6.07 Å². The minimum absolute atomic E-state index is 0.00913. The molecule has 0 unspecified atom stereocenters. The molecule has 7 heteroatoms. The van der Waals surface area contributed by atoms with Crippen LogP contribution in [0.2, 0.25) is 0 Å². The van der Waals surface area contributed by atoms with E-state index in [1.807, 2.05) is 20.8 Å². The van der Waals surface area contributed by atoms with E-state index >= 15 is 0 Å². The summed E-state index contributed by atoms with van der Waals surface area (Å²) in [6.07, 6.45) is 1.23. The number of amides is 2. The largest absolute Gasteiger partial charge is 0.504 e. The summed E-state index contributed by atoms with van der Waals surface area (Å²) in [4.78, 5) is 29.6. The molecule has 0 atom stereocenters. The first-order valence-electron chi connectivity index (χ1n) is 10.5. The molecule has 1 aliphatic rings. The molecule has 2 heterocycles. The van der Waals surface area contributed by atoms with E-state index in [2.05, 4.69) is 38.0 Å². The van der Waals surface area contributed by atoms with Crippen LogP contribution in [0, 0.1) is 12.3 Å². The van der Waals surface area contributed by atoms with Crippen LogP contribution in [0.3, 0.4) is 0 Å². The number of likely N-dealkylation sites (tertiary alicyclic amines) is 1. The Hall–Kier alpha value is -2.31. The summed E-state index contributed by atoms with van der Waals surface area (Å²) < 4.78 is 5.41. The third-order valence-corrected chi connectivity index (χ3v) is 4.06. The number of aryl methyl sites for hydroxylation is 1. The second-order valence-corrected chi connectivity index (χ2v) is 10.5. The van der Waals surface area contributed by atoms with Gasteiger partial charge in [0.05, 0.1) is 11.4 Å². The van der Waals surface area contributed by atoms with Gasteiger partial charge < -0.3 is 20.1 Å². The molecule has 1 saturated heterocycles. The maximum Gasteiger partial charge on any atom is 0.410 e. The lowest BCUT2D eigenvalue weighted by atomic mass is 9.92. The molecule has 1 aliphatic heterocycles. The molecule has 1 fully saturated rings. The Morgan fingerprint density at radius 3 is 2.07 bits per heavy atom. The van der Waals surface area contributed by atoms with Crippen LogP contribution in [0.1, 0.15) is 85.5 Å². The van der Waals surface area contributed by atoms with Crippen molar-refractivity contribution < 1.29 is 19.4 Å². The van der Waals surface area contributed by atoms with Crippen LogP contribution in [-0.4, -0.2) is 45.7 Å². The number of carbonyl (C=O) groups excluding carboxylic acids is 2. The average molecular weight is 422 g/mol. The number of anilines is 1. The number of nitrogens with one attached hydrogen (secondary N) is 1. The third kappa shape index (κ3) is 9.46. The van der Waals surface area contributed by atoms with Gasteiger partial charge in [-0.15, -0.1) is 0 Å². The smallest absolute Gasteiger partial charge is 0.410 e. The predicted molar refractivity (Wildman–Crippen MR) is 120 cm³/mol. The topological polar surface area (TPSA) is 91.8 Å². The third-order valence-electron chi connectivity index (χ3n) is 4.06. The quantitative estimate of drug-likeness (QED) is 0.683. The van der Waals surface area contributed by atoms with E-state index in [1.54, 1.807) is 17.9 Å². The van der Waals surface area contributed by atoms with Gasteiger partial charge >= 0.3 is 6.09 Å². The van der Waals surface area contributed by atoms with Gasteiger partial charge in [-0.1, -0.05) is 27.7 Å². The minimum Gasteiger partial charge on any atom is -0.504 e. The number of ether oxygens (including phenoxy) is 1. The number of hydrogen-bond donors (Lipinski definition) is 2. The van der Waals surface area contributed by atoms with Gasteiger partial charge in [0.15, 0.2) is 5.75 Å². The van der Waals surface area contributed by atoms with Gasteiger partial charge in [0, 0.05) is 31.6 Å². The summed E-state index contributed by atoms with van der Waals surface area (Å²) in [6.45, 7) is 18.6. The van der Waals surface area contributed by atoms with Crippen LogP contribution in [-0.2, 0) is 9.53 Å². The van der Waals surface area contributed by atoms with Crippen molar-refractivity contribution in [2.45, 2.75) is 86.7 Å². The Kier molecular flexibility index (Phi) is 8.69. The lowest BCUT2D eigenvalue weighted by Crippen LogP contribution is -2.41. The zero-order valence-electron chi connectivity index (χ0n) is 20.0. The van der Waals surface area contributed by atoms with Crippen molar-refractivity contribution in [2.75, 3.05) is 18.4 Å². The Morgan fingerprint density at radius 1 is 1.13 bits per heavy atom. The molecule has 1 aromatic rings. The lowest BCUT2D eigenvalue weighted by molar-refractivity contribution is -0.114. The fourth-order valence-electron chi connectivity index (χ4n) is 2.87. The van der Waals surface area contributed by atoms with Gasteiger partial charge in [-0.05, 0) is 52.0 Å². The molecule has 0 aromatic carbocycles. The standard InChI is InChI=1S/C18H27N3O4.C5H12/c1-11-16(23)15(20-12(2)22)10-14(19-11)13-6-8-21(9-7-13)17(24)25-18(3,4)5;1-5(2,3)4/h10,13,23H,6-9H2,1-5H3,(H,19,20,22);1-4H3. The molecule has 2 N–H and O–H groups in total. The number of pyridine rings is 1. The molecule has 170 valence electrons. The normalized spacial score (nSPS) is 15.2. The highest BCUT2D eigenvalue weighted by atomic mass is 16.6. The number of aromatic hydroxyl groups is 1. The molecular formula is C23H39N3O4. The number of hydrogen-bond acceptors (Lipinski definition) is 5. The fraction of sp³-hybridized carbons (Fsp3) is 0.696. The molecule has 0 aliphatic carbocycles. The highest BCUT2D eigenvalue weighted by Crippen LogP contribution is 2.33. The van der Waals surface area contributed by atoms with E-state index in [0.29, 0.717) is 29.9 Å². The predicted octanol–water partition coefficient (Wildman–Crippen LogP) is 5.22. The van der Waals surface area contributed by atoms with Gasteiger partial charge in [0.2, 0.25) is 5.91 Å². The van der Waals surface area contributed by atoms with E-state index in [-0.39, 0.29) is 23.7 Å². The Balaban J connectivity index is 0.000000804. The van der Waals surface area contributed by atoms with Crippen molar-refractivity contribution >= 4 is 17.7 Å². The highest BCUT2D eigenvalue weighted by molar-refractivity contribution is 5.90. The van der Waals surface area contributed by atoms with Crippen LogP contribution in [0.5, 0.6) is 5.75 Å². The number of rotatable bonds is 2. The number of aromatic nitrogens is 1. The second-order valence-electron chi connectivity index (χ2n) is 10.5. The van der Waals surface area contributed by atoms with E-state index in [1.165, 1.54) is 6.92 Å². The first-order chi connectivity index (χ1) is 13.6. The highest BCUT2D eigenvalue weighted by Gasteiger charge is 2.28. The molecule has 0 radical (unpaired) electrons. The summed E-state index contributed by atoms with van der Waals surface area (Å²) >= 11 is 0. The van der Waals surface area contributed by atoms with Gasteiger partial charge in [0.25, 0.3) is 0 Å². The summed E-state index contributed by atoms with van der Waals surface area (Å²) in [5, 5.41) is 12.7. The Morgan fingerprint density at radius 2 is 1.63 bits per heavy atom. The second kappa shape index (κ2) is 10.1. The average Bonchev–Trinajstić information content (AvgIpc) is 2.55. The van der Waals surface area contributed by atoms with Crippen LogP contribution in [0.4, 0.5) is 10.5 Å². The minimum atomic E-state index is -0.503. The summed E-state index contributed by atoms with van der Waals surface area (Å²) in [7, 11) is 0. The van der Waals surface area contributed by atoms with Crippen molar-refractivity contribution in [1.29, 1.82) is 0 Å². The summed E-state index contributed by atoms with van der Waals surface area (Å²) in [6, 6.07) is 1.72.